The van der Waals surface area contributed by atoms with Crippen molar-refractivity contribution in [2.45, 2.75) is 30.8 Å². The van der Waals surface area contributed by atoms with E-state index in [0.717, 1.165) is 19.4 Å². The predicted molar refractivity (Wildman–Crippen MR) is 119 cm³/mol. The number of methoxy groups -OCH3 is 1. The Bertz CT molecular complexity index is 1360. The number of hydrogen-bond donors (Lipinski definition) is 0. The number of hydrogen-bond acceptors (Lipinski definition) is 6. The highest BCUT2D eigenvalue weighted by Gasteiger charge is 2.49. The zero-order chi connectivity index (χ0) is 24.7. The van der Waals surface area contributed by atoms with Crippen LogP contribution < -0.4 is 10.2 Å². The Balaban J connectivity index is 1.79. The van der Waals surface area contributed by atoms with Gasteiger partial charge in [0.25, 0.3) is 5.91 Å². The SMILES string of the molecule is COC(=O)Oc1c2n(ncc1=O)[C@@H]([C@H](c1ccccc1)c1cccc(F)c1F)[C@H]1CCCN1C2=O. The number of halogens is 2. The quantitative estimate of drug-likeness (QED) is 0.529. The van der Waals surface area contributed by atoms with Crippen LogP contribution in [-0.2, 0) is 4.74 Å². The Morgan fingerprint density at radius 2 is 1.89 bits per heavy atom. The summed E-state index contributed by atoms with van der Waals surface area (Å²) >= 11 is 0. The second kappa shape index (κ2) is 8.94. The van der Waals surface area contributed by atoms with Crippen LogP contribution in [0, 0.1) is 11.6 Å². The third kappa shape index (κ3) is 3.74. The van der Waals surface area contributed by atoms with Crippen LogP contribution in [0.1, 0.15) is 46.4 Å². The number of carbonyl (C=O) groups is 2. The molecule has 3 heterocycles. The number of rotatable bonds is 4. The highest BCUT2D eigenvalue weighted by Crippen LogP contribution is 2.46. The fourth-order valence-corrected chi connectivity index (χ4v) is 5.14. The molecule has 5 rings (SSSR count). The number of carbonyl (C=O) groups excluding carboxylic acids is 2. The van der Waals surface area contributed by atoms with Crippen LogP contribution >= 0.6 is 0 Å². The molecule has 1 fully saturated rings. The van der Waals surface area contributed by atoms with E-state index in [0.29, 0.717) is 24.9 Å². The summed E-state index contributed by atoms with van der Waals surface area (Å²) in [5.74, 6) is -3.82. The Morgan fingerprint density at radius 1 is 1.11 bits per heavy atom. The van der Waals surface area contributed by atoms with E-state index in [1.54, 1.807) is 35.2 Å². The summed E-state index contributed by atoms with van der Waals surface area (Å²) in [6.07, 6.45) is 1.04. The Morgan fingerprint density at radius 3 is 2.63 bits per heavy atom. The zero-order valence-electron chi connectivity index (χ0n) is 18.7. The summed E-state index contributed by atoms with van der Waals surface area (Å²) in [5, 5.41) is 4.24. The number of ether oxygens (including phenoxy) is 2. The number of amides is 1. The van der Waals surface area contributed by atoms with Gasteiger partial charge in [-0.1, -0.05) is 42.5 Å². The Kier molecular flexibility index (Phi) is 5.80. The molecule has 8 nitrogen and oxygen atoms in total. The van der Waals surface area contributed by atoms with Crippen molar-refractivity contribution in [1.29, 1.82) is 0 Å². The van der Waals surface area contributed by atoms with Crippen molar-refractivity contribution >= 4 is 12.1 Å². The molecule has 3 atom stereocenters. The third-order valence-electron chi connectivity index (χ3n) is 6.58. The van der Waals surface area contributed by atoms with E-state index in [1.807, 2.05) is 0 Å². The first-order valence-electron chi connectivity index (χ1n) is 11.1. The molecule has 1 saturated heterocycles. The molecule has 35 heavy (non-hydrogen) atoms. The van der Waals surface area contributed by atoms with Crippen molar-refractivity contribution in [3.8, 4) is 5.75 Å². The molecule has 2 aromatic carbocycles. The van der Waals surface area contributed by atoms with Crippen molar-refractivity contribution in [2.75, 3.05) is 13.7 Å². The summed E-state index contributed by atoms with van der Waals surface area (Å²) in [6.45, 7) is 0.397. The molecule has 2 aliphatic heterocycles. The van der Waals surface area contributed by atoms with Crippen LogP contribution in [0.2, 0.25) is 0 Å². The molecule has 1 amide bonds. The highest BCUT2D eigenvalue weighted by molar-refractivity contribution is 5.97. The molecule has 10 heteroatoms. The van der Waals surface area contributed by atoms with Gasteiger partial charge < -0.3 is 14.4 Å². The van der Waals surface area contributed by atoms with Crippen molar-refractivity contribution in [1.82, 2.24) is 14.7 Å². The van der Waals surface area contributed by atoms with E-state index >= 15 is 4.39 Å². The summed E-state index contributed by atoms with van der Waals surface area (Å²) in [6, 6.07) is 11.8. The molecule has 0 radical (unpaired) electrons. The highest BCUT2D eigenvalue weighted by atomic mass is 19.2. The summed E-state index contributed by atoms with van der Waals surface area (Å²) < 4.78 is 40.5. The van der Waals surface area contributed by atoms with Gasteiger partial charge in [-0.2, -0.15) is 5.10 Å². The molecule has 1 aromatic heterocycles. The van der Waals surface area contributed by atoms with Gasteiger partial charge in [0.2, 0.25) is 11.2 Å². The van der Waals surface area contributed by atoms with Gasteiger partial charge in [0.15, 0.2) is 17.3 Å². The summed E-state index contributed by atoms with van der Waals surface area (Å²) in [5.41, 5.74) is -0.252. The fraction of sp³-hybridized carbons (Fsp3) is 0.280. The molecule has 0 bridgehead atoms. The van der Waals surface area contributed by atoms with Crippen LogP contribution in [0.5, 0.6) is 5.75 Å². The molecule has 0 N–H and O–H groups in total. The molecule has 0 saturated carbocycles. The minimum atomic E-state index is -1.17. The van der Waals surface area contributed by atoms with Crippen LogP contribution in [0.25, 0.3) is 0 Å². The average molecular weight is 481 g/mol. The summed E-state index contributed by atoms with van der Waals surface area (Å²) in [7, 11) is 1.08. The average Bonchev–Trinajstić information content (AvgIpc) is 3.36. The monoisotopic (exact) mass is 481 g/mol. The van der Waals surface area contributed by atoms with Gasteiger partial charge in [-0.15, -0.1) is 0 Å². The smallest absolute Gasteiger partial charge is 0.437 e. The topological polar surface area (TPSA) is 90.7 Å². The molecule has 180 valence electrons. The maximum absolute atomic E-state index is 15.2. The lowest BCUT2D eigenvalue weighted by Crippen LogP contribution is -2.51. The zero-order valence-corrected chi connectivity index (χ0v) is 18.7. The molecular formula is C25H21F2N3O5. The first-order valence-corrected chi connectivity index (χ1v) is 11.1. The maximum Gasteiger partial charge on any atom is 0.513 e. The first-order chi connectivity index (χ1) is 16.9. The lowest BCUT2D eigenvalue weighted by molar-refractivity contribution is 0.0559. The van der Waals surface area contributed by atoms with Crippen LogP contribution in [0.4, 0.5) is 13.6 Å². The van der Waals surface area contributed by atoms with Crippen LogP contribution in [0.15, 0.2) is 59.5 Å². The van der Waals surface area contributed by atoms with E-state index in [-0.39, 0.29) is 11.3 Å². The standard InChI is InChI=1S/C25H21F2N3O5/c1-34-25(33)35-23-18(31)13-28-30-21(17-11-6-12-29(17)24(32)22(23)30)19(14-7-3-2-4-8-14)15-9-5-10-16(26)20(15)27/h2-5,7-10,13,17,19,21H,6,11-12H2,1H3/t17-,19-,21-/m1/s1. The lowest BCUT2D eigenvalue weighted by Gasteiger charge is -2.42. The van der Waals surface area contributed by atoms with Gasteiger partial charge in [-0.05, 0) is 24.5 Å². The van der Waals surface area contributed by atoms with Crippen LogP contribution in [0.3, 0.4) is 0 Å². The largest absolute Gasteiger partial charge is 0.513 e. The number of aromatic nitrogens is 2. The molecule has 3 aromatic rings. The summed E-state index contributed by atoms with van der Waals surface area (Å²) in [4.78, 5) is 39.5. The van der Waals surface area contributed by atoms with Crippen molar-refractivity contribution in [2.24, 2.45) is 0 Å². The maximum atomic E-state index is 15.2. The van der Waals surface area contributed by atoms with Gasteiger partial charge in [-0.3, -0.25) is 9.59 Å². The molecule has 0 aliphatic carbocycles. The van der Waals surface area contributed by atoms with E-state index in [4.69, 9.17) is 4.74 Å². The number of benzene rings is 2. The van der Waals surface area contributed by atoms with Crippen molar-refractivity contribution in [3.05, 3.63) is 93.4 Å². The van der Waals surface area contributed by atoms with Crippen LogP contribution in [-0.4, -0.2) is 46.4 Å². The fourth-order valence-electron chi connectivity index (χ4n) is 5.14. The van der Waals surface area contributed by atoms with E-state index in [2.05, 4.69) is 9.84 Å². The molecular weight excluding hydrogens is 460 g/mol. The van der Waals surface area contributed by atoms with E-state index in [1.165, 1.54) is 16.8 Å². The third-order valence-corrected chi connectivity index (χ3v) is 6.58. The van der Waals surface area contributed by atoms with Gasteiger partial charge in [0, 0.05) is 18.0 Å². The Labute approximate surface area is 198 Å². The van der Waals surface area contributed by atoms with Crippen molar-refractivity contribution in [3.63, 3.8) is 0 Å². The van der Waals surface area contributed by atoms with Crippen molar-refractivity contribution < 1.29 is 27.8 Å². The molecule has 0 spiro atoms. The van der Waals surface area contributed by atoms with Gasteiger partial charge in [0.1, 0.15) is 0 Å². The number of fused-ring (bicyclic) bond motifs is 2. The first kappa shape index (κ1) is 22.7. The molecule has 2 aliphatic rings. The van der Waals surface area contributed by atoms with Gasteiger partial charge in [0.05, 0.1) is 25.4 Å². The predicted octanol–water partition coefficient (Wildman–Crippen LogP) is 3.66. The molecule has 0 unspecified atom stereocenters. The number of nitrogens with zero attached hydrogens (tertiary/aromatic N) is 3. The minimum Gasteiger partial charge on any atom is -0.437 e. The Hall–Kier alpha value is -4.08. The minimum absolute atomic E-state index is 0.0873. The van der Waals surface area contributed by atoms with E-state index in [9.17, 15) is 18.8 Å². The van der Waals surface area contributed by atoms with Gasteiger partial charge >= 0.3 is 6.16 Å². The lowest BCUT2D eigenvalue weighted by atomic mass is 9.79. The van der Waals surface area contributed by atoms with Gasteiger partial charge in [-0.25, -0.2) is 18.3 Å². The normalized spacial score (nSPS) is 19.6. The second-order valence-electron chi connectivity index (χ2n) is 8.42. The second-order valence-corrected chi connectivity index (χ2v) is 8.42. The van der Waals surface area contributed by atoms with E-state index < -0.39 is 52.9 Å².